The quantitative estimate of drug-likeness (QED) is 0.799. The maximum Gasteiger partial charge on any atom is 0.119 e. The molecule has 0 heterocycles. The Hall–Kier alpha value is -1.06. The molecule has 3 N–H and O–H groups in total. The number of hydrogen-bond donors (Lipinski definition) is 2. The van der Waals surface area contributed by atoms with Crippen LogP contribution in [-0.4, -0.2) is 17.3 Å². The Labute approximate surface area is 123 Å². The van der Waals surface area contributed by atoms with Crippen LogP contribution >= 0.6 is 0 Å². The smallest absolute Gasteiger partial charge is 0.119 e. The summed E-state index contributed by atoms with van der Waals surface area (Å²) in [5.41, 5.74) is 5.54. The Kier molecular flexibility index (Phi) is 3.56. The summed E-state index contributed by atoms with van der Waals surface area (Å²) in [6, 6.07) is 5.73. The highest BCUT2D eigenvalue weighted by Gasteiger charge is 2.24. The van der Waals surface area contributed by atoms with Crippen molar-refractivity contribution < 1.29 is 16.7 Å². The fourth-order valence-electron chi connectivity index (χ4n) is 1.64. The van der Waals surface area contributed by atoms with Crippen molar-refractivity contribution in [1.29, 1.82) is 0 Å². The first-order valence-corrected chi connectivity index (χ1v) is 6.56. The van der Waals surface area contributed by atoms with Gasteiger partial charge in [-0.15, -0.1) is 0 Å². The van der Waals surface area contributed by atoms with E-state index in [4.69, 9.17) is 17.3 Å². The Morgan fingerprint density at radius 2 is 2.05 bits per heavy atom. The summed E-state index contributed by atoms with van der Waals surface area (Å²) in [4.78, 5) is 0. The highest BCUT2D eigenvalue weighted by atomic mass is 16.5. The van der Waals surface area contributed by atoms with E-state index < -0.39 is 31.0 Å². The molecule has 108 valence electrons. The van der Waals surface area contributed by atoms with Crippen LogP contribution in [0.5, 0.6) is 5.75 Å². The third-order valence-electron chi connectivity index (χ3n) is 2.90. The SMILES string of the molecule is [2H]C([2H])([2H])[C@H](CCC)C([2H])([2H])Oc1ccc([C@@H](N)C(C)(C)O)cc1. The maximum absolute atomic E-state index is 9.94. The van der Waals surface area contributed by atoms with Gasteiger partial charge in [0.1, 0.15) is 5.75 Å². The van der Waals surface area contributed by atoms with Gasteiger partial charge in [-0.1, -0.05) is 32.3 Å². The minimum absolute atomic E-state index is 0.200. The number of ether oxygens (including phenoxy) is 1. The van der Waals surface area contributed by atoms with Crippen molar-refractivity contribution in [2.75, 3.05) is 6.56 Å². The van der Waals surface area contributed by atoms with Crippen LogP contribution in [0.2, 0.25) is 0 Å². The number of benzene rings is 1. The molecule has 0 bridgehead atoms. The highest BCUT2D eigenvalue weighted by molar-refractivity contribution is 5.30. The number of rotatable bonds is 7. The van der Waals surface area contributed by atoms with Crippen molar-refractivity contribution in [2.45, 2.75) is 52.1 Å². The second kappa shape index (κ2) is 6.92. The molecule has 0 aromatic heterocycles. The van der Waals surface area contributed by atoms with E-state index >= 15 is 0 Å². The van der Waals surface area contributed by atoms with E-state index in [1.54, 1.807) is 26.0 Å². The van der Waals surface area contributed by atoms with Gasteiger partial charge in [0.25, 0.3) is 0 Å². The van der Waals surface area contributed by atoms with Gasteiger partial charge in [-0.2, -0.15) is 0 Å². The summed E-state index contributed by atoms with van der Waals surface area (Å²) >= 11 is 0. The molecule has 0 saturated carbocycles. The number of nitrogens with two attached hydrogens (primary N) is 1. The number of hydrogen-bond acceptors (Lipinski definition) is 3. The monoisotopic (exact) mass is 270 g/mol. The van der Waals surface area contributed by atoms with Gasteiger partial charge in [-0.05, 0) is 43.9 Å². The first-order valence-electron chi connectivity index (χ1n) is 9.06. The normalized spacial score (nSPS) is 20.4. The van der Waals surface area contributed by atoms with E-state index in [0.29, 0.717) is 12.0 Å². The van der Waals surface area contributed by atoms with E-state index in [1.165, 1.54) is 12.1 Å². The molecule has 0 unspecified atom stereocenters. The van der Waals surface area contributed by atoms with E-state index in [1.807, 2.05) is 6.92 Å². The standard InChI is InChI=1S/C16H27NO2/c1-5-6-12(2)11-19-14-9-7-13(8-10-14)15(17)16(3,4)18/h7-10,12,15,18H,5-6,11,17H2,1-4H3/t12-,15-/m1/s1/i2D3,11D2. The summed E-state index contributed by atoms with van der Waals surface area (Å²) in [5, 5.41) is 9.94. The predicted molar refractivity (Wildman–Crippen MR) is 79.2 cm³/mol. The molecule has 0 saturated heterocycles. The zero-order valence-corrected chi connectivity index (χ0v) is 11.8. The summed E-state index contributed by atoms with van der Waals surface area (Å²) in [6.45, 7) is 0.254. The lowest BCUT2D eigenvalue weighted by Crippen LogP contribution is -2.34. The van der Waals surface area contributed by atoms with Crippen molar-refractivity contribution in [2.24, 2.45) is 11.7 Å². The summed E-state index contributed by atoms with van der Waals surface area (Å²) in [5.74, 6) is -0.995. The van der Waals surface area contributed by atoms with Crippen LogP contribution in [-0.2, 0) is 0 Å². The second-order valence-corrected chi connectivity index (χ2v) is 5.26. The first kappa shape index (κ1) is 9.78. The van der Waals surface area contributed by atoms with Gasteiger partial charge >= 0.3 is 0 Å². The van der Waals surface area contributed by atoms with Gasteiger partial charge in [0.2, 0.25) is 0 Å². The lowest BCUT2D eigenvalue weighted by molar-refractivity contribution is 0.0517. The molecule has 0 amide bonds. The third-order valence-corrected chi connectivity index (χ3v) is 2.90. The molecular weight excluding hydrogens is 238 g/mol. The highest BCUT2D eigenvalue weighted by Crippen LogP contribution is 2.24. The molecular formula is C16H27NO2. The van der Waals surface area contributed by atoms with Crippen LogP contribution in [0.25, 0.3) is 0 Å². The Bertz CT molecular complexity index is 523. The molecule has 0 fully saturated rings. The zero-order valence-electron chi connectivity index (χ0n) is 16.8. The van der Waals surface area contributed by atoms with E-state index in [2.05, 4.69) is 0 Å². The largest absolute Gasteiger partial charge is 0.493 e. The fourth-order valence-corrected chi connectivity index (χ4v) is 1.64. The molecule has 2 atom stereocenters. The van der Waals surface area contributed by atoms with Gasteiger partial charge in [0.05, 0.1) is 20.9 Å². The van der Waals surface area contributed by atoms with Gasteiger partial charge in [0, 0.05) is 4.11 Å². The zero-order chi connectivity index (χ0) is 18.8. The lowest BCUT2D eigenvalue weighted by atomic mass is 9.93. The molecule has 0 aliphatic carbocycles. The average Bonchev–Trinajstić information content (AvgIpc) is 2.42. The van der Waals surface area contributed by atoms with Gasteiger partial charge < -0.3 is 15.6 Å². The second-order valence-electron chi connectivity index (χ2n) is 5.26. The molecule has 1 aromatic rings. The van der Waals surface area contributed by atoms with Crippen LogP contribution in [0.1, 0.15) is 58.9 Å². The Balaban J connectivity index is 2.95. The molecule has 3 nitrogen and oxygen atoms in total. The van der Waals surface area contributed by atoms with Crippen LogP contribution in [0.3, 0.4) is 0 Å². The molecule has 1 aromatic carbocycles. The van der Waals surface area contributed by atoms with Crippen LogP contribution in [0, 0.1) is 5.92 Å². The van der Waals surface area contributed by atoms with E-state index in [-0.39, 0.29) is 12.2 Å². The van der Waals surface area contributed by atoms with Crippen molar-refractivity contribution in [1.82, 2.24) is 0 Å². The molecule has 3 heteroatoms. The molecule has 0 radical (unpaired) electrons. The van der Waals surface area contributed by atoms with Crippen LogP contribution in [0.4, 0.5) is 0 Å². The molecule has 0 aliphatic rings. The topological polar surface area (TPSA) is 55.5 Å². The summed E-state index contributed by atoms with van der Waals surface area (Å²) in [7, 11) is 0. The molecule has 19 heavy (non-hydrogen) atoms. The minimum Gasteiger partial charge on any atom is -0.493 e. The van der Waals surface area contributed by atoms with Crippen molar-refractivity contribution >= 4 is 0 Å². The van der Waals surface area contributed by atoms with Gasteiger partial charge in [-0.25, -0.2) is 0 Å². The van der Waals surface area contributed by atoms with E-state index in [9.17, 15) is 5.11 Å². The third kappa shape index (κ3) is 5.21. The summed E-state index contributed by atoms with van der Waals surface area (Å²) < 4.78 is 44.0. The Morgan fingerprint density at radius 3 is 2.53 bits per heavy atom. The lowest BCUT2D eigenvalue weighted by Gasteiger charge is -2.26. The van der Waals surface area contributed by atoms with Gasteiger partial charge in [0.15, 0.2) is 0 Å². The van der Waals surface area contributed by atoms with Crippen molar-refractivity contribution in [3.63, 3.8) is 0 Å². The minimum atomic E-state index is -2.44. The maximum atomic E-state index is 9.94. The first-order chi connectivity index (χ1) is 10.8. The van der Waals surface area contributed by atoms with E-state index in [0.717, 1.165) is 0 Å². The molecule has 0 spiro atoms. The van der Waals surface area contributed by atoms with Crippen molar-refractivity contribution in [3.05, 3.63) is 29.8 Å². The fraction of sp³-hybridized carbons (Fsp3) is 0.625. The molecule has 0 aliphatic heterocycles. The van der Waals surface area contributed by atoms with Crippen LogP contribution in [0.15, 0.2) is 24.3 Å². The average molecular weight is 270 g/mol. The Morgan fingerprint density at radius 1 is 1.42 bits per heavy atom. The predicted octanol–water partition coefficient (Wildman–Crippen LogP) is 3.27. The molecule has 1 rings (SSSR count). The van der Waals surface area contributed by atoms with Crippen LogP contribution < -0.4 is 10.5 Å². The number of aliphatic hydroxyl groups is 1. The van der Waals surface area contributed by atoms with Gasteiger partial charge in [-0.3, -0.25) is 0 Å². The summed E-state index contributed by atoms with van der Waals surface area (Å²) in [6.07, 6.45) is 0.746. The van der Waals surface area contributed by atoms with Crippen molar-refractivity contribution in [3.8, 4) is 5.75 Å².